The minimum atomic E-state index is 0.272. The average molecular weight is 330 g/mol. The first-order chi connectivity index (χ1) is 11.7. The summed E-state index contributed by atoms with van der Waals surface area (Å²) in [5.41, 5.74) is 2.59. The molecule has 0 aliphatic carbocycles. The maximum absolute atomic E-state index is 5.51. The Morgan fingerprint density at radius 2 is 2.00 bits per heavy atom. The molecule has 0 spiro atoms. The number of ether oxygens (including phenoxy) is 1. The van der Waals surface area contributed by atoms with E-state index in [-0.39, 0.29) is 6.04 Å². The molecule has 1 aliphatic rings. The first kappa shape index (κ1) is 18.5. The minimum absolute atomic E-state index is 0.272. The fourth-order valence-corrected chi connectivity index (χ4v) is 2.80. The number of aliphatic imine (C=N–C) groups is 1. The number of hydrogen-bond donors (Lipinski definition) is 2. The summed E-state index contributed by atoms with van der Waals surface area (Å²) in [6.07, 6.45) is 1.84. The number of benzene rings is 1. The monoisotopic (exact) mass is 330 g/mol. The molecule has 0 aromatic heterocycles. The molecule has 2 rings (SSSR count). The second-order valence-electron chi connectivity index (χ2n) is 5.96. The van der Waals surface area contributed by atoms with Gasteiger partial charge in [-0.05, 0) is 19.4 Å². The zero-order chi connectivity index (χ0) is 17.2. The summed E-state index contributed by atoms with van der Waals surface area (Å²) < 4.78 is 5.51. The molecule has 0 amide bonds. The normalized spacial score (nSPS) is 17.3. The quantitative estimate of drug-likeness (QED) is 0.457. The van der Waals surface area contributed by atoms with E-state index in [4.69, 9.17) is 9.73 Å². The molecule has 1 saturated heterocycles. The van der Waals surface area contributed by atoms with E-state index in [1.54, 1.807) is 0 Å². The summed E-state index contributed by atoms with van der Waals surface area (Å²) in [7, 11) is 0. The van der Waals surface area contributed by atoms with Crippen LogP contribution in [0.1, 0.15) is 24.1 Å². The maximum Gasteiger partial charge on any atom is 0.191 e. The van der Waals surface area contributed by atoms with Gasteiger partial charge in [0.15, 0.2) is 5.96 Å². The minimum Gasteiger partial charge on any atom is -0.379 e. The van der Waals surface area contributed by atoms with E-state index in [1.165, 1.54) is 11.1 Å². The average Bonchev–Trinajstić information content (AvgIpc) is 2.62. The van der Waals surface area contributed by atoms with E-state index in [2.05, 4.69) is 60.2 Å². The lowest BCUT2D eigenvalue weighted by molar-refractivity contribution is 0.0179. The van der Waals surface area contributed by atoms with Gasteiger partial charge >= 0.3 is 0 Å². The van der Waals surface area contributed by atoms with Gasteiger partial charge < -0.3 is 15.4 Å². The van der Waals surface area contributed by atoms with Crippen LogP contribution in [-0.4, -0.2) is 56.8 Å². The SMILES string of the molecule is C=CCNC(=NCC(c1ccc(C)cc1)N1CCOCC1)NCC. The van der Waals surface area contributed by atoms with Gasteiger partial charge in [-0.2, -0.15) is 0 Å². The van der Waals surface area contributed by atoms with Gasteiger partial charge in [0.2, 0.25) is 0 Å². The zero-order valence-electron chi connectivity index (χ0n) is 14.9. The predicted octanol–water partition coefficient (Wildman–Crippen LogP) is 2.11. The Balaban J connectivity index is 2.14. The van der Waals surface area contributed by atoms with Crippen molar-refractivity contribution in [2.45, 2.75) is 19.9 Å². The second-order valence-corrected chi connectivity index (χ2v) is 5.96. The summed E-state index contributed by atoms with van der Waals surface area (Å²) in [5.74, 6) is 0.836. The highest BCUT2D eigenvalue weighted by Crippen LogP contribution is 2.22. The zero-order valence-corrected chi connectivity index (χ0v) is 14.9. The summed E-state index contributed by atoms with van der Waals surface area (Å²) in [6, 6.07) is 9.06. The lowest BCUT2D eigenvalue weighted by Gasteiger charge is -2.34. The van der Waals surface area contributed by atoms with E-state index in [9.17, 15) is 0 Å². The molecule has 5 heteroatoms. The van der Waals surface area contributed by atoms with Gasteiger partial charge in [0, 0.05) is 26.2 Å². The second kappa shape index (κ2) is 10.1. The molecule has 1 aliphatic heterocycles. The van der Waals surface area contributed by atoms with E-state index < -0.39 is 0 Å². The summed E-state index contributed by atoms with van der Waals surface area (Å²) in [6.45, 7) is 13.7. The van der Waals surface area contributed by atoms with Crippen molar-refractivity contribution in [2.24, 2.45) is 4.99 Å². The van der Waals surface area contributed by atoms with Gasteiger partial charge in [-0.15, -0.1) is 6.58 Å². The molecule has 1 heterocycles. The lowest BCUT2D eigenvalue weighted by atomic mass is 10.0. The molecule has 1 aromatic rings. The van der Waals surface area contributed by atoms with Gasteiger partial charge in [-0.3, -0.25) is 9.89 Å². The van der Waals surface area contributed by atoms with Gasteiger partial charge in [0.05, 0.1) is 25.8 Å². The maximum atomic E-state index is 5.51. The highest BCUT2D eigenvalue weighted by Gasteiger charge is 2.22. The van der Waals surface area contributed by atoms with E-state index in [0.717, 1.165) is 45.4 Å². The van der Waals surface area contributed by atoms with Crippen molar-refractivity contribution < 1.29 is 4.74 Å². The Labute approximate surface area is 145 Å². The van der Waals surface area contributed by atoms with Crippen LogP contribution in [0, 0.1) is 6.92 Å². The van der Waals surface area contributed by atoms with Gasteiger partial charge in [0.1, 0.15) is 0 Å². The van der Waals surface area contributed by atoms with Crippen LogP contribution in [-0.2, 0) is 4.74 Å². The molecule has 1 aromatic carbocycles. The Morgan fingerprint density at radius 1 is 1.29 bits per heavy atom. The molecular weight excluding hydrogens is 300 g/mol. The van der Waals surface area contributed by atoms with Gasteiger partial charge in [-0.25, -0.2) is 0 Å². The topological polar surface area (TPSA) is 48.9 Å². The van der Waals surface area contributed by atoms with E-state index >= 15 is 0 Å². The number of hydrogen-bond acceptors (Lipinski definition) is 3. The molecular formula is C19H30N4O. The van der Waals surface area contributed by atoms with Crippen molar-refractivity contribution in [1.29, 1.82) is 0 Å². The number of guanidine groups is 1. The van der Waals surface area contributed by atoms with Crippen molar-refractivity contribution in [3.63, 3.8) is 0 Å². The Bertz CT molecular complexity index is 521. The largest absolute Gasteiger partial charge is 0.379 e. The fraction of sp³-hybridized carbons (Fsp3) is 0.526. The third-order valence-electron chi connectivity index (χ3n) is 4.13. The molecule has 24 heavy (non-hydrogen) atoms. The molecule has 0 bridgehead atoms. The van der Waals surface area contributed by atoms with Crippen molar-refractivity contribution in [3.05, 3.63) is 48.0 Å². The van der Waals surface area contributed by atoms with Crippen LogP contribution in [0.15, 0.2) is 41.9 Å². The molecule has 1 unspecified atom stereocenters. The van der Waals surface area contributed by atoms with Crippen molar-refractivity contribution in [2.75, 3.05) is 45.9 Å². The molecule has 5 nitrogen and oxygen atoms in total. The predicted molar refractivity (Wildman–Crippen MR) is 100 cm³/mol. The van der Waals surface area contributed by atoms with Crippen molar-refractivity contribution in [3.8, 4) is 0 Å². The van der Waals surface area contributed by atoms with Gasteiger partial charge in [-0.1, -0.05) is 35.9 Å². The standard InChI is InChI=1S/C19H30N4O/c1-4-10-21-19(20-5-2)22-15-18(23-11-13-24-14-12-23)17-8-6-16(3)7-9-17/h4,6-9,18H,1,5,10-15H2,2-3H3,(H2,20,21,22). The third-order valence-corrected chi connectivity index (χ3v) is 4.13. The van der Waals surface area contributed by atoms with Crippen LogP contribution in [0.5, 0.6) is 0 Å². The number of aryl methyl sites for hydroxylation is 1. The Hall–Kier alpha value is -1.85. The van der Waals surface area contributed by atoms with Crippen LogP contribution < -0.4 is 10.6 Å². The van der Waals surface area contributed by atoms with Crippen LogP contribution in [0.2, 0.25) is 0 Å². The van der Waals surface area contributed by atoms with Crippen molar-refractivity contribution >= 4 is 5.96 Å². The number of morpholine rings is 1. The Morgan fingerprint density at radius 3 is 2.62 bits per heavy atom. The highest BCUT2D eigenvalue weighted by molar-refractivity contribution is 5.79. The third kappa shape index (κ3) is 5.65. The fourth-order valence-electron chi connectivity index (χ4n) is 2.80. The molecule has 1 fully saturated rings. The first-order valence-corrected chi connectivity index (χ1v) is 8.76. The lowest BCUT2D eigenvalue weighted by Crippen LogP contribution is -2.41. The van der Waals surface area contributed by atoms with Crippen LogP contribution in [0.3, 0.4) is 0 Å². The molecule has 1 atom stereocenters. The highest BCUT2D eigenvalue weighted by atomic mass is 16.5. The Kier molecular flexibility index (Phi) is 7.79. The molecule has 0 radical (unpaired) electrons. The first-order valence-electron chi connectivity index (χ1n) is 8.76. The summed E-state index contributed by atoms with van der Waals surface area (Å²) in [5, 5.41) is 6.55. The molecule has 0 saturated carbocycles. The van der Waals surface area contributed by atoms with Crippen LogP contribution >= 0.6 is 0 Å². The number of nitrogens with zero attached hydrogens (tertiary/aromatic N) is 2. The van der Waals surface area contributed by atoms with Crippen molar-refractivity contribution in [1.82, 2.24) is 15.5 Å². The summed E-state index contributed by atoms with van der Waals surface area (Å²) >= 11 is 0. The smallest absolute Gasteiger partial charge is 0.191 e. The van der Waals surface area contributed by atoms with Crippen LogP contribution in [0.4, 0.5) is 0 Å². The number of rotatable bonds is 7. The van der Waals surface area contributed by atoms with E-state index in [0.29, 0.717) is 6.54 Å². The van der Waals surface area contributed by atoms with Gasteiger partial charge in [0.25, 0.3) is 0 Å². The summed E-state index contributed by atoms with van der Waals surface area (Å²) in [4.78, 5) is 7.26. The number of nitrogens with one attached hydrogen (secondary N) is 2. The molecule has 2 N–H and O–H groups in total. The molecule has 132 valence electrons. The van der Waals surface area contributed by atoms with E-state index in [1.807, 2.05) is 6.08 Å². The van der Waals surface area contributed by atoms with Crippen LogP contribution in [0.25, 0.3) is 0 Å².